The van der Waals surface area contributed by atoms with Crippen LogP contribution in [-0.2, 0) is 34.1 Å². The Hall–Kier alpha value is 1.86. The van der Waals surface area contributed by atoms with E-state index < -0.39 is 0 Å². The Balaban J connectivity index is 0.000000217. The minimum Gasteiger partial charge on any atom is -0.306 e. The average molecular weight is 772 g/mol. The van der Waals surface area contributed by atoms with Crippen LogP contribution in [0.25, 0.3) is 0 Å². The fourth-order valence-electron chi connectivity index (χ4n) is 11.4. The van der Waals surface area contributed by atoms with Crippen molar-refractivity contribution in [3.05, 3.63) is 0 Å². The summed E-state index contributed by atoms with van der Waals surface area (Å²) in [6, 6.07) is 0.794. The van der Waals surface area contributed by atoms with Gasteiger partial charge in [0.2, 0.25) is 0 Å². The second-order valence-corrected chi connectivity index (χ2v) is 23.4. The third kappa shape index (κ3) is 13.3. The van der Waals surface area contributed by atoms with Crippen molar-refractivity contribution < 1.29 is 34.1 Å². The Morgan fingerprint density at radius 2 is 0.638 bits per heavy atom. The molecule has 0 radical (unpaired) electrons. The maximum atomic E-state index is 2.51. The molecular formula is C42H79Fe2NP2. The average Bonchev–Trinajstić information content (AvgIpc) is 3.93. The Bertz CT molecular complexity index is 737. The van der Waals surface area contributed by atoms with Crippen molar-refractivity contribution in [3.63, 3.8) is 0 Å². The Kier molecular flexibility index (Phi) is 22.3. The molecule has 5 heteroatoms. The van der Waals surface area contributed by atoms with E-state index in [9.17, 15) is 0 Å². The zero-order valence-electron chi connectivity index (χ0n) is 31.6. The zero-order valence-corrected chi connectivity index (χ0v) is 35.6. The van der Waals surface area contributed by atoms with Gasteiger partial charge in [0.15, 0.2) is 0 Å². The Labute approximate surface area is 319 Å². The van der Waals surface area contributed by atoms with Gasteiger partial charge in [0, 0.05) is 40.2 Å². The van der Waals surface area contributed by atoms with Crippen LogP contribution in [0.3, 0.4) is 0 Å². The molecule has 0 aromatic heterocycles. The quantitative estimate of drug-likeness (QED) is 0.175. The number of hydrogen-bond donors (Lipinski definition) is 0. The fraction of sp³-hybridized carbons (Fsp3) is 1.00. The second-order valence-electron chi connectivity index (χ2n) is 17.3. The topological polar surface area (TPSA) is 3.24 Å². The second kappa shape index (κ2) is 24.2. The number of nitrogens with zero attached hydrogens (tertiary/aromatic N) is 1. The molecule has 0 heterocycles. The third-order valence-electron chi connectivity index (χ3n) is 14.1. The largest absolute Gasteiger partial charge is 0.306 e. The predicted octanol–water partition coefficient (Wildman–Crippen LogP) is 13.9. The van der Waals surface area contributed by atoms with Crippen LogP contribution < -0.4 is 0 Å². The summed E-state index contributed by atoms with van der Waals surface area (Å²) in [5.41, 5.74) is 6.99. The predicted molar refractivity (Wildman–Crippen MR) is 206 cm³/mol. The fourth-order valence-corrected chi connectivity index (χ4v) is 21.0. The van der Waals surface area contributed by atoms with E-state index in [0.29, 0.717) is 15.8 Å². The van der Waals surface area contributed by atoms with Gasteiger partial charge in [-0.15, -0.1) is 0 Å². The standard InChI is InChI=1S/C20H38NP.C17H31P.C5H10.2Fe/c1-16(21(2)3)19-14-9-15-20(19)22(18-12-7-8-13-18)17-10-5-4-6-11-17;1-3-9-15(10-4-1)18(17-13-7-8-14-17)16-11-5-2-6-12-16;1-2-4-5-3-1;;/h16-20H,4-15H2,1-3H3;15-17H,1-14H2;1-5H2;;/t16-,19?,20?,22-;;;;/m0..../s1. The first-order chi connectivity index (χ1) is 22.1. The van der Waals surface area contributed by atoms with E-state index in [4.69, 9.17) is 0 Å². The maximum Gasteiger partial charge on any atom is 0.00951 e. The van der Waals surface area contributed by atoms with Gasteiger partial charge in [-0.3, -0.25) is 0 Å². The molecule has 0 amide bonds. The molecule has 2 unspecified atom stereocenters. The molecule has 0 aromatic rings. The zero-order chi connectivity index (χ0) is 31.3. The van der Waals surface area contributed by atoms with Crippen LogP contribution in [0.15, 0.2) is 0 Å². The van der Waals surface area contributed by atoms with Crippen molar-refractivity contribution in [2.45, 2.75) is 246 Å². The summed E-state index contributed by atoms with van der Waals surface area (Å²) >= 11 is 0. The smallest absolute Gasteiger partial charge is 0.00951 e. The van der Waals surface area contributed by atoms with Crippen molar-refractivity contribution in [2.75, 3.05) is 14.1 Å². The first-order valence-electron chi connectivity index (χ1n) is 21.3. The molecule has 47 heavy (non-hydrogen) atoms. The monoisotopic (exact) mass is 771 g/mol. The first kappa shape index (κ1) is 43.3. The van der Waals surface area contributed by atoms with E-state index in [1.165, 1.54) is 107 Å². The number of rotatable bonds is 8. The Morgan fingerprint density at radius 3 is 0.957 bits per heavy atom. The minimum atomic E-state index is 0. The van der Waals surface area contributed by atoms with Gasteiger partial charge in [0.05, 0.1) is 0 Å². The summed E-state index contributed by atoms with van der Waals surface area (Å²) in [4.78, 5) is 2.51. The molecule has 0 aliphatic heterocycles. The molecule has 0 spiro atoms. The van der Waals surface area contributed by atoms with E-state index >= 15 is 0 Å². The van der Waals surface area contributed by atoms with Crippen molar-refractivity contribution >= 4 is 15.8 Å². The van der Waals surface area contributed by atoms with Gasteiger partial charge in [-0.2, -0.15) is 0 Å². The molecule has 1 nitrogen and oxygen atoms in total. The van der Waals surface area contributed by atoms with E-state index in [1.807, 2.05) is 0 Å². The molecule has 7 aliphatic carbocycles. The van der Waals surface area contributed by atoms with Crippen LogP contribution in [-0.4, -0.2) is 59.0 Å². The summed E-state index contributed by atoms with van der Waals surface area (Å²) in [6.07, 6.45) is 48.2. The molecule has 0 aromatic carbocycles. The molecule has 7 rings (SSSR count). The van der Waals surface area contributed by atoms with Crippen LogP contribution >= 0.6 is 15.8 Å². The van der Waals surface area contributed by atoms with Crippen LogP contribution in [0.1, 0.15) is 206 Å². The summed E-state index contributed by atoms with van der Waals surface area (Å²) in [6.45, 7) is 2.51. The summed E-state index contributed by atoms with van der Waals surface area (Å²) in [7, 11) is 5.31. The third-order valence-corrected chi connectivity index (χ3v) is 22.3. The normalized spacial score (nSPS) is 29.8. The molecule has 7 aliphatic rings. The van der Waals surface area contributed by atoms with Gasteiger partial charge in [-0.1, -0.05) is 138 Å². The van der Waals surface area contributed by atoms with Crippen molar-refractivity contribution in [3.8, 4) is 0 Å². The van der Waals surface area contributed by atoms with Gasteiger partial charge in [-0.05, 0) is 138 Å². The maximum absolute atomic E-state index is 2.51. The van der Waals surface area contributed by atoms with E-state index in [-0.39, 0.29) is 34.1 Å². The molecular weight excluding hydrogens is 692 g/mol. The van der Waals surface area contributed by atoms with Gasteiger partial charge < -0.3 is 4.90 Å². The van der Waals surface area contributed by atoms with E-state index in [0.717, 1.165) is 28.9 Å². The number of hydrogen-bond acceptors (Lipinski definition) is 1. The van der Waals surface area contributed by atoms with Gasteiger partial charge in [-0.25, -0.2) is 0 Å². The molecule has 278 valence electrons. The van der Waals surface area contributed by atoms with Crippen LogP contribution in [0.2, 0.25) is 0 Å². The summed E-state index contributed by atoms with van der Waals surface area (Å²) < 4.78 is 0. The van der Waals surface area contributed by atoms with Gasteiger partial charge in [0.25, 0.3) is 0 Å². The summed E-state index contributed by atoms with van der Waals surface area (Å²) in [5, 5.41) is 0. The Morgan fingerprint density at radius 1 is 0.362 bits per heavy atom. The van der Waals surface area contributed by atoms with Gasteiger partial charge in [0.1, 0.15) is 0 Å². The van der Waals surface area contributed by atoms with Crippen LogP contribution in [0.4, 0.5) is 0 Å². The van der Waals surface area contributed by atoms with Crippen molar-refractivity contribution in [1.82, 2.24) is 4.90 Å². The van der Waals surface area contributed by atoms with Crippen LogP contribution in [0.5, 0.6) is 0 Å². The van der Waals surface area contributed by atoms with Crippen LogP contribution in [0, 0.1) is 5.92 Å². The van der Waals surface area contributed by atoms with E-state index in [2.05, 4.69) is 25.9 Å². The molecule has 0 bridgehead atoms. The molecule has 7 saturated carbocycles. The molecule has 0 saturated heterocycles. The SMILES string of the molecule is C1CCC(P(C2CCCCC2)C2CCCC2)CC1.C1CCCC1.C[C@@H](C1CCCC1[P@@](C1CCCCC1)C1CCCC1)N(C)C.[Fe].[Fe]. The van der Waals surface area contributed by atoms with Gasteiger partial charge >= 0.3 is 0 Å². The minimum absolute atomic E-state index is 0. The first-order valence-corrected chi connectivity index (χ1v) is 24.4. The molecule has 4 atom stereocenters. The summed E-state index contributed by atoms with van der Waals surface area (Å²) in [5.74, 6) is 1.00. The molecule has 7 fully saturated rings. The molecule has 0 N–H and O–H groups in total. The van der Waals surface area contributed by atoms with Crippen molar-refractivity contribution in [1.29, 1.82) is 0 Å². The van der Waals surface area contributed by atoms with E-state index in [1.54, 1.807) is 109 Å². The van der Waals surface area contributed by atoms with Crippen molar-refractivity contribution in [2.24, 2.45) is 5.92 Å².